The van der Waals surface area contributed by atoms with E-state index in [0.717, 1.165) is 51.5 Å². The van der Waals surface area contributed by atoms with Crippen molar-refractivity contribution in [2.75, 3.05) is 52.3 Å². The van der Waals surface area contributed by atoms with Crippen LogP contribution in [0, 0.1) is 0 Å². The molecule has 3 rings (SSSR count). The van der Waals surface area contributed by atoms with Gasteiger partial charge in [0.25, 0.3) is 0 Å². The molecule has 0 radical (unpaired) electrons. The van der Waals surface area contributed by atoms with Crippen molar-refractivity contribution < 1.29 is 4.74 Å². The molecule has 1 fully saturated rings. The molecule has 5 nitrogen and oxygen atoms in total. The smallest absolute Gasteiger partial charge is 0.198 e. The molecule has 0 atom stereocenters. The molecule has 24 heavy (non-hydrogen) atoms. The van der Waals surface area contributed by atoms with Crippen LogP contribution in [-0.4, -0.2) is 63.8 Å². The summed E-state index contributed by atoms with van der Waals surface area (Å²) in [5.41, 5.74) is 2.84. The summed E-state index contributed by atoms with van der Waals surface area (Å²) in [7, 11) is 6.21. The summed E-state index contributed by atoms with van der Waals surface area (Å²) in [6, 6.07) is 8.61. The maximum atomic E-state index is 5.56. The number of nitrogens with one attached hydrogen (secondary N) is 1. The molecule has 1 N–H and O–H groups in total. The van der Waals surface area contributed by atoms with Gasteiger partial charge in [-0.1, -0.05) is 18.2 Å². The summed E-state index contributed by atoms with van der Waals surface area (Å²) < 4.78 is 5.56. The second-order valence-corrected chi connectivity index (χ2v) is 6.66. The molecule has 1 aromatic rings. The van der Waals surface area contributed by atoms with E-state index in [1.807, 2.05) is 7.05 Å². The van der Waals surface area contributed by atoms with Crippen molar-refractivity contribution in [1.82, 2.24) is 10.2 Å². The van der Waals surface area contributed by atoms with E-state index in [1.165, 1.54) is 11.3 Å². The molecular weight excluding hydrogens is 415 g/mol. The number of aliphatic imine (C=N–C) groups is 1. The predicted molar refractivity (Wildman–Crippen MR) is 111 cm³/mol. The van der Waals surface area contributed by atoms with E-state index in [0.29, 0.717) is 0 Å². The first-order valence-electron chi connectivity index (χ1n) is 8.47. The number of nitrogens with zero attached hydrogens (tertiary/aromatic N) is 3. The molecule has 2 aliphatic heterocycles. The van der Waals surface area contributed by atoms with E-state index in [-0.39, 0.29) is 29.5 Å². The van der Waals surface area contributed by atoms with Crippen LogP contribution in [0.15, 0.2) is 29.3 Å². The minimum atomic E-state index is 0. The van der Waals surface area contributed by atoms with Gasteiger partial charge in [0.1, 0.15) is 0 Å². The Morgan fingerprint density at radius 2 is 2.00 bits per heavy atom. The lowest BCUT2D eigenvalue weighted by Crippen LogP contribution is -2.57. The van der Waals surface area contributed by atoms with Crippen molar-refractivity contribution in [1.29, 1.82) is 0 Å². The van der Waals surface area contributed by atoms with Gasteiger partial charge in [0.05, 0.1) is 0 Å². The Kier molecular flexibility index (Phi) is 6.88. The minimum Gasteiger partial charge on any atom is -0.381 e. The van der Waals surface area contributed by atoms with Crippen LogP contribution in [-0.2, 0) is 11.2 Å². The van der Waals surface area contributed by atoms with Gasteiger partial charge in [-0.15, -0.1) is 24.0 Å². The average molecular weight is 444 g/mol. The van der Waals surface area contributed by atoms with Gasteiger partial charge in [0.2, 0.25) is 0 Å². The van der Waals surface area contributed by atoms with Crippen LogP contribution in [0.1, 0.15) is 18.4 Å². The minimum absolute atomic E-state index is 0. The van der Waals surface area contributed by atoms with Crippen molar-refractivity contribution in [2.24, 2.45) is 4.99 Å². The summed E-state index contributed by atoms with van der Waals surface area (Å²) in [5.74, 6) is 0.975. The highest BCUT2D eigenvalue weighted by Crippen LogP contribution is 2.28. The summed E-state index contributed by atoms with van der Waals surface area (Å²) in [6.45, 7) is 3.57. The SMILES string of the molecule is CN=C(NCC1(N(C)C)CCOCC1)N1CCc2ccccc21.I. The summed E-state index contributed by atoms with van der Waals surface area (Å²) in [5, 5.41) is 3.62. The van der Waals surface area contributed by atoms with Crippen LogP contribution in [0.25, 0.3) is 0 Å². The first-order valence-corrected chi connectivity index (χ1v) is 8.47. The zero-order valence-corrected chi connectivity index (χ0v) is 17.2. The van der Waals surface area contributed by atoms with Crippen LogP contribution in [0.2, 0.25) is 0 Å². The van der Waals surface area contributed by atoms with Gasteiger partial charge in [-0.25, -0.2) is 0 Å². The molecule has 0 spiro atoms. The number of anilines is 1. The molecule has 0 aliphatic carbocycles. The van der Waals surface area contributed by atoms with E-state index >= 15 is 0 Å². The molecule has 0 bridgehead atoms. The number of halogens is 1. The Hall–Kier alpha value is -0.860. The Morgan fingerprint density at radius 1 is 1.29 bits per heavy atom. The average Bonchev–Trinajstić information content (AvgIpc) is 3.00. The van der Waals surface area contributed by atoms with Crippen LogP contribution in [0.4, 0.5) is 5.69 Å². The molecule has 1 aromatic carbocycles. The van der Waals surface area contributed by atoms with Gasteiger partial charge in [-0.3, -0.25) is 4.99 Å². The second kappa shape index (κ2) is 8.49. The lowest BCUT2D eigenvalue weighted by molar-refractivity contribution is -0.00495. The number of hydrogen-bond donors (Lipinski definition) is 1. The van der Waals surface area contributed by atoms with E-state index in [4.69, 9.17) is 4.74 Å². The molecule has 2 aliphatic rings. The third-order valence-corrected chi connectivity index (χ3v) is 5.30. The number of guanidine groups is 1. The quantitative estimate of drug-likeness (QED) is 0.442. The van der Waals surface area contributed by atoms with Crippen molar-refractivity contribution in [3.8, 4) is 0 Å². The molecule has 0 amide bonds. The zero-order valence-electron chi connectivity index (χ0n) is 14.9. The monoisotopic (exact) mass is 444 g/mol. The van der Waals surface area contributed by atoms with Crippen LogP contribution in [0.3, 0.4) is 0 Å². The Balaban J connectivity index is 0.00000208. The van der Waals surface area contributed by atoms with Gasteiger partial charge < -0.3 is 19.9 Å². The van der Waals surface area contributed by atoms with E-state index in [9.17, 15) is 0 Å². The van der Waals surface area contributed by atoms with Gasteiger partial charge in [0.15, 0.2) is 5.96 Å². The van der Waals surface area contributed by atoms with Gasteiger partial charge in [-0.05, 0) is 45.0 Å². The Labute approximate surface area is 162 Å². The second-order valence-electron chi connectivity index (χ2n) is 6.66. The van der Waals surface area contributed by atoms with Crippen molar-refractivity contribution in [2.45, 2.75) is 24.8 Å². The Bertz CT molecular complexity index is 570. The first kappa shape index (κ1) is 19.5. The zero-order chi connectivity index (χ0) is 16.3. The summed E-state index contributed by atoms with van der Waals surface area (Å²) >= 11 is 0. The maximum absolute atomic E-state index is 5.56. The molecule has 2 heterocycles. The highest BCUT2D eigenvalue weighted by Gasteiger charge is 2.35. The lowest BCUT2D eigenvalue weighted by Gasteiger charge is -2.43. The summed E-state index contributed by atoms with van der Waals surface area (Å²) in [4.78, 5) is 9.17. The fraction of sp³-hybridized carbons (Fsp3) is 0.611. The largest absolute Gasteiger partial charge is 0.381 e. The lowest BCUT2D eigenvalue weighted by atomic mass is 9.88. The van der Waals surface area contributed by atoms with Crippen molar-refractivity contribution >= 4 is 35.6 Å². The van der Waals surface area contributed by atoms with E-state index in [2.05, 4.69) is 58.5 Å². The van der Waals surface area contributed by atoms with Gasteiger partial charge >= 0.3 is 0 Å². The van der Waals surface area contributed by atoms with E-state index < -0.39 is 0 Å². The molecular formula is C18H29IN4O. The van der Waals surface area contributed by atoms with Crippen LogP contribution < -0.4 is 10.2 Å². The third kappa shape index (κ3) is 3.86. The van der Waals surface area contributed by atoms with Gasteiger partial charge in [-0.2, -0.15) is 0 Å². The van der Waals surface area contributed by atoms with E-state index in [1.54, 1.807) is 0 Å². The standard InChI is InChI=1S/C18H28N4O.HI/c1-19-17(22-11-8-15-6-4-5-7-16(15)22)20-14-18(21(2)3)9-12-23-13-10-18;/h4-7H,8-14H2,1-3H3,(H,19,20);1H. The number of para-hydroxylation sites is 1. The highest BCUT2D eigenvalue weighted by molar-refractivity contribution is 14.0. The maximum Gasteiger partial charge on any atom is 0.198 e. The molecule has 134 valence electrons. The Morgan fingerprint density at radius 3 is 2.67 bits per heavy atom. The number of benzene rings is 1. The van der Waals surface area contributed by atoms with Crippen molar-refractivity contribution in [3.05, 3.63) is 29.8 Å². The number of likely N-dealkylation sites (N-methyl/N-ethyl adjacent to an activating group) is 1. The first-order chi connectivity index (χ1) is 11.2. The fourth-order valence-electron chi connectivity index (χ4n) is 3.63. The summed E-state index contributed by atoms with van der Waals surface area (Å²) in [6.07, 6.45) is 3.20. The highest BCUT2D eigenvalue weighted by atomic mass is 127. The molecule has 6 heteroatoms. The third-order valence-electron chi connectivity index (χ3n) is 5.30. The van der Waals surface area contributed by atoms with Crippen molar-refractivity contribution in [3.63, 3.8) is 0 Å². The van der Waals surface area contributed by atoms with Crippen LogP contribution in [0.5, 0.6) is 0 Å². The number of rotatable bonds is 3. The number of hydrogen-bond acceptors (Lipinski definition) is 3. The normalized spacial score (nSPS) is 19.8. The topological polar surface area (TPSA) is 40.1 Å². The number of fused-ring (bicyclic) bond motifs is 1. The van der Waals surface area contributed by atoms with Crippen LogP contribution >= 0.6 is 24.0 Å². The molecule has 0 saturated carbocycles. The van der Waals surface area contributed by atoms with Gasteiger partial charge in [0, 0.05) is 44.6 Å². The fourth-order valence-corrected chi connectivity index (χ4v) is 3.63. The molecule has 0 unspecified atom stereocenters. The predicted octanol–water partition coefficient (Wildman–Crippen LogP) is 2.35. The molecule has 0 aromatic heterocycles. The molecule has 1 saturated heterocycles. The number of ether oxygens (including phenoxy) is 1.